The number of aromatic nitrogens is 2. The quantitative estimate of drug-likeness (QED) is 0.552. The van der Waals surface area contributed by atoms with Crippen molar-refractivity contribution in [1.82, 2.24) is 9.97 Å². The van der Waals surface area contributed by atoms with E-state index in [1.54, 1.807) is 6.92 Å². The number of nitrogen functional groups attached to an aromatic ring is 1. The van der Waals surface area contributed by atoms with Gasteiger partial charge in [-0.25, -0.2) is 14.2 Å². The number of nitrogens with one attached hydrogen (secondary N) is 1. The molecule has 0 saturated heterocycles. The molecule has 0 radical (unpaired) electrons. The molecule has 0 saturated carbocycles. The average molecular weight is 447 g/mol. The molecule has 1 unspecified atom stereocenters. The first-order valence-corrected chi connectivity index (χ1v) is 9.48. The number of amides is 2. The predicted molar refractivity (Wildman–Crippen MR) is 109 cm³/mol. The fourth-order valence-electron chi connectivity index (χ4n) is 3.50. The van der Waals surface area contributed by atoms with Crippen molar-refractivity contribution < 1.29 is 27.1 Å². The van der Waals surface area contributed by atoms with E-state index in [2.05, 4.69) is 15.3 Å². The summed E-state index contributed by atoms with van der Waals surface area (Å²) in [6.45, 7) is 1.71. The van der Waals surface area contributed by atoms with Crippen molar-refractivity contribution in [2.75, 3.05) is 16.0 Å². The summed E-state index contributed by atoms with van der Waals surface area (Å²) in [5.41, 5.74) is 5.14. The molecule has 1 aliphatic rings. The monoisotopic (exact) mass is 447 g/mol. The Balaban J connectivity index is 1.58. The van der Waals surface area contributed by atoms with Crippen molar-refractivity contribution in [1.29, 1.82) is 0 Å². The molecule has 2 amide bonds. The Morgan fingerprint density at radius 1 is 1.25 bits per heavy atom. The molecule has 1 aliphatic heterocycles. The first kappa shape index (κ1) is 21.3. The third-order valence-corrected chi connectivity index (χ3v) is 4.91. The molecule has 32 heavy (non-hydrogen) atoms. The van der Waals surface area contributed by atoms with E-state index in [1.165, 1.54) is 41.4 Å². The summed E-state index contributed by atoms with van der Waals surface area (Å²) in [6.07, 6.45) is -2.98. The van der Waals surface area contributed by atoms with Gasteiger partial charge in [-0.15, -0.1) is 0 Å². The first-order valence-electron chi connectivity index (χ1n) is 9.48. The number of benzene rings is 2. The van der Waals surface area contributed by atoms with E-state index in [9.17, 15) is 18.0 Å². The lowest BCUT2D eigenvalue weighted by Crippen LogP contribution is -2.39. The predicted octanol–water partition coefficient (Wildman–Crippen LogP) is 4.99. The SMILES string of the molecule is CC1Cc2c(ccc(Oc3ccnc(N)n3)c2F)N1C(=O)Nc1cccc(C(F)(F)F)c1. The fraction of sp³-hybridized carbons (Fsp3) is 0.190. The van der Waals surface area contributed by atoms with Gasteiger partial charge in [0.2, 0.25) is 11.8 Å². The van der Waals surface area contributed by atoms with Crippen LogP contribution in [0.15, 0.2) is 48.7 Å². The van der Waals surface area contributed by atoms with Crippen molar-refractivity contribution >= 4 is 23.4 Å². The number of alkyl halides is 3. The van der Waals surface area contributed by atoms with Crippen LogP contribution in [0, 0.1) is 5.82 Å². The number of nitrogens with zero attached hydrogens (tertiary/aromatic N) is 3. The lowest BCUT2D eigenvalue weighted by Gasteiger charge is -2.23. The maximum atomic E-state index is 15.1. The van der Waals surface area contributed by atoms with Crippen LogP contribution < -0.4 is 20.7 Å². The summed E-state index contributed by atoms with van der Waals surface area (Å²) in [6, 6.07) is 7.45. The van der Waals surface area contributed by atoms with Crippen LogP contribution in [-0.2, 0) is 12.6 Å². The van der Waals surface area contributed by atoms with E-state index < -0.39 is 29.6 Å². The molecule has 7 nitrogen and oxygen atoms in total. The zero-order valence-corrected chi connectivity index (χ0v) is 16.7. The largest absolute Gasteiger partial charge is 0.436 e. The highest BCUT2D eigenvalue weighted by molar-refractivity contribution is 6.03. The highest BCUT2D eigenvalue weighted by Gasteiger charge is 2.35. The number of anilines is 3. The van der Waals surface area contributed by atoms with Crippen molar-refractivity contribution in [3.8, 4) is 11.6 Å². The number of urea groups is 1. The molecule has 11 heteroatoms. The second kappa shape index (κ2) is 7.98. The summed E-state index contributed by atoms with van der Waals surface area (Å²) in [5.74, 6) is -0.744. The van der Waals surface area contributed by atoms with E-state index in [0.29, 0.717) is 5.69 Å². The topological polar surface area (TPSA) is 93.4 Å². The van der Waals surface area contributed by atoms with Gasteiger partial charge in [-0.05, 0) is 43.7 Å². The number of carbonyl (C=O) groups is 1. The Morgan fingerprint density at radius 2 is 2.03 bits per heavy atom. The van der Waals surface area contributed by atoms with Crippen LogP contribution in [0.4, 0.5) is 39.7 Å². The molecular weight excluding hydrogens is 430 g/mol. The normalized spacial score (nSPS) is 15.4. The van der Waals surface area contributed by atoms with Crippen LogP contribution in [0.5, 0.6) is 11.6 Å². The molecule has 2 heterocycles. The Labute approximate surface area is 179 Å². The Hall–Kier alpha value is -3.89. The molecule has 166 valence electrons. The number of ether oxygens (including phenoxy) is 1. The second-order valence-electron chi connectivity index (χ2n) is 7.16. The van der Waals surface area contributed by atoms with Crippen LogP contribution in [0.25, 0.3) is 0 Å². The average Bonchev–Trinajstić information content (AvgIpc) is 3.06. The van der Waals surface area contributed by atoms with Gasteiger partial charge in [-0.3, -0.25) is 4.90 Å². The molecule has 1 atom stereocenters. The fourth-order valence-corrected chi connectivity index (χ4v) is 3.50. The minimum absolute atomic E-state index is 0.0211. The van der Waals surface area contributed by atoms with E-state index in [-0.39, 0.29) is 35.2 Å². The molecule has 0 aliphatic carbocycles. The summed E-state index contributed by atoms with van der Waals surface area (Å²) in [5, 5.41) is 2.45. The van der Waals surface area contributed by atoms with E-state index in [1.807, 2.05) is 0 Å². The van der Waals surface area contributed by atoms with Crippen LogP contribution in [0.2, 0.25) is 0 Å². The van der Waals surface area contributed by atoms with Gasteiger partial charge in [-0.2, -0.15) is 18.2 Å². The van der Waals surface area contributed by atoms with Gasteiger partial charge in [0.15, 0.2) is 11.6 Å². The highest BCUT2D eigenvalue weighted by atomic mass is 19.4. The van der Waals surface area contributed by atoms with Gasteiger partial charge < -0.3 is 15.8 Å². The van der Waals surface area contributed by atoms with Crippen molar-refractivity contribution in [3.63, 3.8) is 0 Å². The molecule has 3 N–H and O–H groups in total. The molecule has 4 rings (SSSR count). The summed E-state index contributed by atoms with van der Waals surface area (Å²) >= 11 is 0. The Morgan fingerprint density at radius 3 is 2.75 bits per heavy atom. The lowest BCUT2D eigenvalue weighted by molar-refractivity contribution is -0.137. The van der Waals surface area contributed by atoms with Crippen LogP contribution in [0.3, 0.4) is 0 Å². The number of halogens is 4. The number of nitrogens with two attached hydrogens (primary N) is 1. The van der Waals surface area contributed by atoms with Crippen LogP contribution in [0.1, 0.15) is 18.1 Å². The summed E-state index contributed by atoms with van der Waals surface area (Å²) in [4.78, 5) is 21.7. The zero-order valence-electron chi connectivity index (χ0n) is 16.7. The van der Waals surface area contributed by atoms with E-state index in [4.69, 9.17) is 10.5 Å². The molecule has 0 spiro atoms. The number of carbonyl (C=O) groups excluding carboxylic acids is 1. The molecule has 2 aromatic carbocycles. The van der Waals surface area contributed by atoms with Gasteiger partial charge in [0.05, 0.1) is 11.3 Å². The van der Waals surface area contributed by atoms with Gasteiger partial charge in [0.25, 0.3) is 0 Å². The van der Waals surface area contributed by atoms with Crippen molar-refractivity contribution in [3.05, 3.63) is 65.6 Å². The maximum absolute atomic E-state index is 15.1. The third kappa shape index (κ3) is 4.13. The summed E-state index contributed by atoms with van der Waals surface area (Å²) < 4.78 is 59.4. The van der Waals surface area contributed by atoms with Crippen molar-refractivity contribution in [2.24, 2.45) is 0 Å². The highest BCUT2D eigenvalue weighted by Crippen LogP contribution is 2.39. The number of hydrogen-bond donors (Lipinski definition) is 2. The van der Waals surface area contributed by atoms with Crippen LogP contribution in [-0.4, -0.2) is 22.0 Å². The standard InChI is InChI=1S/C21H17F4N5O2/c1-11-9-14-15(5-6-16(18(14)22)32-17-7-8-27-19(26)29-17)30(11)20(31)28-13-4-2-3-12(10-13)21(23,24)25/h2-8,10-11H,9H2,1H3,(H,28,31)(H2,26,27,29). The number of hydrogen-bond acceptors (Lipinski definition) is 5. The number of rotatable bonds is 3. The molecule has 0 fully saturated rings. The smallest absolute Gasteiger partial charge is 0.416 e. The van der Waals surface area contributed by atoms with Crippen molar-refractivity contribution in [2.45, 2.75) is 25.6 Å². The van der Waals surface area contributed by atoms with E-state index >= 15 is 4.39 Å². The summed E-state index contributed by atoms with van der Waals surface area (Å²) in [7, 11) is 0. The molecule has 3 aromatic rings. The third-order valence-electron chi connectivity index (χ3n) is 4.91. The van der Waals surface area contributed by atoms with Gasteiger partial charge in [-0.1, -0.05) is 6.07 Å². The number of fused-ring (bicyclic) bond motifs is 1. The Bertz CT molecular complexity index is 1190. The molecule has 1 aromatic heterocycles. The minimum atomic E-state index is -4.54. The molecular formula is C21H17F4N5O2. The zero-order chi connectivity index (χ0) is 23.0. The first-order chi connectivity index (χ1) is 15.1. The maximum Gasteiger partial charge on any atom is 0.416 e. The van der Waals surface area contributed by atoms with Gasteiger partial charge in [0, 0.05) is 29.6 Å². The second-order valence-corrected chi connectivity index (χ2v) is 7.16. The minimum Gasteiger partial charge on any atom is -0.436 e. The van der Waals surface area contributed by atoms with Gasteiger partial charge in [0.1, 0.15) is 0 Å². The van der Waals surface area contributed by atoms with Gasteiger partial charge >= 0.3 is 12.2 Å². The molecule has 0 bridgehead atoms. The van der Waals surface area contributed by atoms with E-state index in [0.717, 1.165) is 12.1 Å². The van der Waals surface area contributed by atoms with Crippen LogP contribution >= 0.6 is 0 Å². The Kier molecular flexibility index (Phi) is 5.33. The lowest BCUT2D eigenvalue weighted by atomic mass is 10.1.